The molecule has 0 amide bonds. The molecule has 0 spiro atoms. The maximum absolute atomic E-state index is 12.7. The Bertz CT molecular complexity index is 1110. The summed E-state index contributed by atoms with van der Waals surface area (Å²) in [5, 5.41) is 60.8. The molecule has 2 aliphatic rings. The normalized spacial score (nSPS) is 37.9. The summed E-state index contributed by atoms with van der Waals surface area (Å²) in [6.45, 7) is -0.280. The van der Waals surface area contributed by atoms with E-state index in [0.717, 1.165) is 10.8 Å². The molecule has 0 radical (unpaired) electrons. The monoisotopic (exact) mass is 556 g/mol. The van der Waals surface area contributed by atoms with Gasteiger partial charge < -0.3 is 50.7 Å². The summed E-state index contributed by atoms with van der Waals surface area (Å²) in [7, 11) is -5.39. The van der Waals surface area contributed by atoms with Gasteiger partial charge in [-0.3, -0.25) is 9.09 Å². The van der Waals surface area contributed by atoms with Gasteiger partial charge in [0.1, 0.15) is 30.2 Å². The first-order valence-corrected chi connectivity index (χ1v) is 12.4. The second kappa shape index (κ2) is 11.0. The van der Waals surface area contributed by atoms with Gasteiger partial charge in [0.2, 0.25) is 0 Å². The predicted molar refractivity (Wildman–Crippen MR) is 118 cm³/mol. The van der Waals surface area contributed by atoms with E-state index in [-0.39, 0.29) is 5.82 Å². The lowest BCUT2D eigenvalue weighted by Crippen LogP contribution is -2.60. The fourth-order valence-electron chi connectivity index (χ4n) is 3.99. The Hall–Kier alpha value is -2.02. The van der Waals surface area contributed by atoms with E-state index in [1.54, 1.807) is 0 Å². The number of aromatic nitrogens is 2. The maximum Gasteiger partial charge on any atom is 0.475 e. The third-order valence-corrected chi connectivity index (χ3v) is 7.11. The highest BCUT2D eigenvalue weighted by atomic mass is 31.2. The summed E-state index contributed by atoms with van der Waals surface area (Å²) in [6.07, 6.45) is -12.9. The van der Waals surface area contributed by atoms with Crippen molar-refractivity contribution in [3.05, 3.63) is 22.7 Å². The van der Waals surface area contributed by atoms with Gasteiger partial charge in [0.05, 0.1) is 24.9 Å². The zero-order chi connectivity index (χ0) is 28.6. The van der Waals surface area contributed by atoms with E-state index in [4.69, 9.17) is 25.6 Å². The summed E-state index contributed by atoms with van der Waals surface area (Å²) in [5.74, 6) is -6.09. The smallest absolute Gasteiger partial charge is 0.475 e. The zero-order valence-electron chi connectivity index (χ0n) is 20.4. The molecule has 37 heavy (non-hydrogen) atoms. The average Bonchev–Trinajstić information content (AvgIpc) is 3.12. The van der Waals surface area contributed by atoms with E-state index in [2.05, 4.69) is 4.98 Å². The first-order valence-electron chi connectivity index (χ1n) is 11.6. The number of anilines is 1. The number of hydrogen-bond donors (Lipinski definition) is 8. The average molecular weight is 556 g/mol. The van der Waals surface area contributed by atoms with Crippen LogP contribution >= 0.6 is 7.82 Å². The van der Waals surface area contributed by atoms with E-state index in [1.807, 2.05) is 0 Å². The van der Waals surface area contributed by atoms with Crippen molar-refractivity contribution in [2.45, 2.75) is 75.0 Å². The second-order valence-corrected chi connectivity index (χ2v) is 10.2. The molecule has 2 saturated heterocycles. The Morgan fingerprint density at radius 3 is 2.68 bits per heavy atom. The number of nitrogens with zero attached hydrogens (tertiary/aromatic N) is 2. The summed E-state index contributed by atoms with van der Waals surface area (Å²) < 4.78 is 40.9. The number of rotatable bonds is 9. The number of nitrogen functional groups attached to an aromatic ring is 1. The molecule has 0 bridgehead atoms. The fraction of sp³-hybridized carbons (Fsp3) is 0.737. The topological polar surface area (TPSA) is 274 Å². The largest absolute Gasteiger partial charge is 0.477 e. The number of carbonyl (C=O) groups is 1. The number of hydrogen-bond acceptors (Lipinski definition) is 14. The van der Waals surface area contributed by atoms with Crippen LogP contribution in [0.1, 0.15) is 27.8 Å². The van der Waals surface area contributed by atoms with Crippen molar-refractivity contribution < 1.29 is 64.8 Å². The zero-order valence-corrected chi connectivity index (χ0v) is 20.3. The standard InChI is InChI=1S/C19H30N3O14P/c1-7-9(24)5-19(17(28)29,35-15(7)12(25)8(2)23)36-37(31,32)33-6-10-13(26)14(27)16(34-10)22-4-3-11(20)21-18(22)30/h3-4,7-10,12-16,23-27H,5-6H2,1-2H3,(H,28,29)(H,31,32)(H2,20,21,30)/i2D. The number of nitrogens with two attached hydrogens (primary N) is 1. The molecule has 0 aliphatic carbocycles. The molecule has 1 aromatic heterocycles. The highest BCUT2D eigenvalue weighted by Gasteiger charge is 2.57. The van der Waals surface area contributed by atoms with Gasteiger partial charge in [-0.2, -0.15) is 4.98 Å². The van der Waals surface area contributed by atoms with Gasteiger partial charge in [0, 0.05) is 19.9 Å². The Morgan fingerprint density at radius 1 is 1.41 bits per heavy atom. The van der Waals surface area contributed by atoms with Crippen LogP contribution in [0.25, 0.3) is 0 Å². The number of aliphatic carboxylic acids is 1. The molecule has 18 heteroatoms. The molecule has 2 fully saturated rings. The number of phosphoric ester groups is 1. The molecule has 3 rings (SSSR count). The number of carboxylic acids is 1. The van der Waals surface area contributed by atoms with Gasteiger partial charge in [-0.15, -0.1) is 0 Å². The second-order valence-electron chi connectivity index (χ2n) is 8.77. The number of ether oxygens (including phenoxy) is 2. The molecule has 2 aliphatic heterocycles. The number of phosphoric acid groups is 1. The highest BCUT2D eigenvalue weighted by molar-refractivity contribution is 7.47. The van der Waals surface area contributed by atoms with Crippen LogP contribution in [0.3, 0.4) is 0 Å². The lowest BCUT2D eigenvalue weighted by Gasteiger charge is -2.45. The SMILES string of the molecule is [2H]CC(O)C(O)C1OC(OP(=O)(O)OCC2OC(n3ccc(N)nc3=O)C(O)C2O)(C(=O)O)CC(O)C1C. The maximum atomic E-state index is 12.7. The van der Waals surface area contributed by atoms with Crippen LogP contribution in [0, 0.1) is 5.92 Å². The molecular weight excluding hydrogens is 525 g/mol. The first-order chi connectivity index (χ1) is 17.6. The molecule has 3 heterocycles. The number of aliphatic hydroxyl groups excluding tert-OH is 5. The Kier molecular flexibility index (Phi) is 8.32. The van der Waals surface area contributed by atoms with Crippen LogP contribution in [0.15, 0.2) is 17.1 Å². The Morgan fingerprint density at radius 2 is 2.08 bits per heavy atom. The van der Waals surface area contributed by atoms with Crippen LogP contribution in [0.4, 0.5) is 5.82 Å². The molecule has 210 valence electrons. The minimum absolute atomic E-state index is 0.113. The lowest BCUT2D eigenvalue weighted by molar-refractivity contribution is -0.294. The van der Waals surface area contributed by atoms with Crippen molar-refractivity contribution in [1.29, 1.82) is 0 Å². The molecule has 9 N–H and O–H groups in total. The Balaban J connectivity index is 1.74. The number of carboxylic acid groups (broad SMARTS) is 1. The lowest BCUT2D eigenvalue weighted by atomic mass is 9.85. The van der Waals surface area contributed by atoms with Crippen molar-refractivity contribution in [3.8, 4) is 0 Å². The van der Waals surface area contributed by atoms with Gasteiger partial charge >= 0.3 is 19.5 Å². The van der Waals surface area contributed by atoms with E-state index >= 15 is 0 Å². The molecule has 11 atom stereocenters. The minimum atomic E-state index is -5.39. The highest BCUT2D eigenvalue weighted by Crippen LogP contribution is 2.52. The van der Waals surface area contributed by atoms with Gasteiger partial charge in [0.25, 0.3) is 5.79 Å². The first kappa shape index (κ1) is 28.0. The van der Waals surface area contributed by atoms with Crippen molar-refractivity contribution in [3.63, 3.8) is 0 Å². The summed E-state index contributed by atoms with van der Waals surface area (Å²) in [4.78, 5) is 37.8. The molecule has 0 aromatic carbocycles. The van der Waals surface area contributed by atoms with E-state index < -0.39 is 100 Å². The molecular formula is C19H30N3O14P. The van der Waals surface area contributed by atoms with Crippen LogP contribution < -0.4 is 11.4 Å². The predicted octanol–water partition coefficient (Wildman–Crippen LogP) is -3.11. The fourth-order valence-corrected chi connectivity index (χ4v) is 4.94. The van der Waals surface area contributed by atoms with Gasteiger partial charge in [-0.1, -0.05) is 6.92 Å². The van der Waals surface area contributed by atoms with Gasteiger partial charge in [0.15, 0.2) is 6.23 Å². The van der Waals surface area contributed by atoms with Crippen molar-refractivity contribution in [2.24, 2.45) is 5.92 Å². The molecule has 11 unspecified atom stereocenters. The third kappa shape index (κ3) is 6.18. The van der Waals surface area contributed by atoms with E-state index in [9.17, 15) is 49.7 Å². The van der Waals surface area contributed by atoms with Crippen LogP contribution in [-0.4, -0.2) is 106 Å². The van der Waals surface area contributed by atoms with Crippen molar-refractivity contribution in [2.75, 3.05) is 12.3 Å². The van der Waals surface area contributed by atoms with Crippen LogP contribution in [0.2, 0.25) is 0 Å². The van der Waals surface area contributed by atoms with Gasteiger partial charge in [-0.25, -0.2) is 18.7 Å². The molecule has 17 nitrogen and oxygen atoms in total. The summed E-state index contributed by atoms with van der Waals surface area (Å²) in [5.41, 5.74) is 4.49. The van der Waals surface area contributed by atoms with Crippen LogP contribution in [-0.2, 0) is 27.9 Å². The summed E-state index contributed by atoms with van der Waals surface area (Å²) in [6, 6.07) is 1.22. The van der Waals surface area contributed by atoms with Crippen molar-refractivity contribution in [1.82, 2.24) is 9.55 Å². The number of aliphatic hydroxyl groups is 5. The van der Waals surface area contributed by atoms with E-state index in [0.29, 0.717) is 0 Å². The van der Waals surface area contributed by atoms with E-state index in [1.165, 1.54) is 13.0 Å². The Labute approximate surface area is 210 Å². The minimum Gasteiger partial charge on any atom is -0.477 e. The van der Waals surface area contributed by atoms with Crippen LogP contribution in [0.5, 0.6) is 0 Å². The molecule has 0 saturated carbocycles. The summed E-state index contributed by atoms with van der Waals surface area (Å²) >= 11 is 0. The third-order valence-electron chi connectivity index (χ3n) is 6.11. The van der Waals surface area contributed by atoms with Crippen molar-refractivity contribution >= 4 is 19.6 Å². The molecule has 1 aromatic rings. The van der Waals surface area contributed by atoms with Gasteiger partial charge in [-0.05, 0) is 13.0 Å². The quantitative estimate of drug-likeness (QED) is 0.140.